The number of hydrogen-bond acceptors (Lipinski definition) is 7. The molecular formula is C27H39N5O4S. The van der Waals surface area contributed by atoms with E-state index >= 15 is 0 Å². The van der Waals surface area contributed by atoms with E-state index in [1.54, 1.807) is 18.3 Å². The molecule has 0 spiro atoms. The molecule has 0 radical (unpaired) electrons. The molecule has 0 unspecified atom stereocenters. The summed E-state index contributed by atoms with van der Waals surface area (Å²) in [5, 5.41) is 19.3. The molecule has 1 aromatic heterocycles. The molecule has 1 fully saturated rings. The maximum atomic E-state index is 13.2. The van der Waals surface area contributed by atoms with Crippen LogP contribution in [0.2, 0.25) is 0 Å². The predicted octanol–water partition coefficient (Wildman–Crippen LogP) is 2.23. The Morgan fingerprint density at radius 2 is 1.89 bits per heavy atom. The van der Waals surface area contributed by atoms with E-state index in [-0.39, 0.29) is 36.7 Å². The molecule has 2 aromatic rings. The summed E-state index contributed by atoms with van der Waals surface area (Å²) in [5.74, 6) is -0.249. The highest BCUT2D eigenvalue weighted by atomic mass is 32.1. The third kappa shape index (κ3) is 8.08. The first-order valence-electron chi connectivity index (χ1n) is 12.8. The first-order chi connectivity index (χ1) is 17.5. The number of nitrogens with zero attached hydrogens (tertiary/aromatic N) is 2. The fourth-order valence-electron chi connectivity index (χ4n) is 4.67. The fourth-order valence-corrected chi connectivity index (χ4v) is 5.48. The number of nitrogens with one attached hydrogen (secondary N) is 3. The second-order valence-electron chi connectivity index (χ2n) is 10.2. The van der Waals surface area contributed by atoms with Gasteiger partial charge < -0.3 is 26.0 Å². The molecule has 1 aromatic carbocycles. The number of thiazole rings is 1. The van der Waals surface area contributed by atoms with Crippen LogP contribution in [0.1, 0.15) is 51.8 Å². The number of aromatic nitrogens is 1. The average molecular weight is 530 g/mol. The molecule has 1 aliphatic heterocycles. The van der Waals surface area contributed by atoms with Crippen molar-refractivity contribution in [3.8, 4) is 10.4 Å². The Bertz CT molecular complexity index is 1070. The Balaban J connectivity index is 1.56. The third-order valence-electron chi connectivity index (χ3n) is 6.50. The zero-order chi connectivity index (χ0) is 27.1. The van der Waals surface area contributed by atoms with E-state index in [0.717, 1.165) is 28.1 Å². The van der Waals surface area contributed by atoms with Gasteiger partial charge in [-0.05, 0) is 37.3 Å². The standard InChI is InChI=1S/C27H39N5O4S/c1-16(2)10-22(31-19(5)33)13-28-18(4)27(36)32-14-23(34)11-24(32)26(35)29-12-20-6-8-21(9-7-20)25-17(3)30-15-37-25/h6-9,15-16,18,22-24,28,34H,10-14H2,1-5H3,(H,29,35)(H,31,33)/t18-,22-,23+,24-/m0/s1. The van der Waals surface area contributed by atoms with E-state index in [0.29, 0.717) is 19.0 Å². The van der Waals surface area contributed by atoms with Crippen LogP contribution >= 0.6 is 11.3 Å². The van der Waals surface area contributed by atoms with E-state index in [4.69, 9.17) is 0 Å². The van der Waals surface area contributed by atoms with Crippen molar-refractivity contribution in [3.05, 3.63) is 41.0 Å². The van der Waals surface area contributed by atoms with Gasteiger partial charge in [0.05, 0.1) is 28.2 Å². The number of β-amino-alcohol motifs (C(OH)–C–C–N with tert-alkyl or cyclic N) is 1. The lowest BCUT2D eigenvalue weighted by Gasteiger charge is -2.28. The van der Waals surface area contributed by atoms with Crippen molar-refractivity contribution in [3.63, 3.8) is 0 Å². The van der Waals surface area contributed by atoms with Gasteiger partial charge in [-0.15, -0.1) is 11.3 Å². The van der Waals surface area contributed by atoms with Gasteiger partial charge in [0.15, 0.2) is 0 Å². The normalized spacial score (nSPS) is 19.1. The Morgan fingerprint density at radius 3 is 2.49 bits per heavy atom. The quantitative estimate of drug-likeness (QED) is 0.354. The van der Waals surface area contributed by atoms with Crippen LogP contribution in [0, 0.1) is 12.8 Å². The maximum absolute atomic E-state index is 13.2. The number of hydrogen-bond donors (Lipinski definition) is 4. The van der Waals surface area contributed by atoms with Crippen molar-refractivity contribution in [1.82, 2.24) is 25.8 Å². The van der Waals surface area contributed by atoms with Gasteiger partial charge in [-0.25, -0.2) is 4.98 Å². The molecule has 2 heterocycles. The number of aryl methyl sites for hydroxylation is 1. The SMILES string of the molecule is CC(=O)N[C@H](CN[C@@H](C)C(=O)N1C[C@H](O)C[C@H]1C(=O)NCc1ccc(-c2scnc2C)cc1)CC(C)C. The molecule has 1 saturated heterocycles. The second-order valence-corrected chi connectivity index (χ2v) is 11.1. The van der Waals surface area contributed by atoms with Crippen molar-refractivity contribution in [2.75, 3.05) is 13.1 Å². The van der Waals surface area contributed by atoms with Crippen LogP contribution in [0.15, 0.2) is 29.8 Å². The first kappa shape index (κ1) is 28.7. The van der Waals surface area contributed by atoms with Gasteiger partial charge in [-0.2, -0.15) is 0 Å². The molecule has 0 aliphatic carbocycles. The molecule has 4 N–H and O–H groups in total. The number of likely N-dealkylation sites (tertiary alicyclic amines) is 1. The fraction of sp³-hybridized carbons (Fsp3) is 0.556. The number of carbonyl (C=O) groups is 3. The van der Waals surface area contributed by atoms with E-state index in [1.807, 2.05) is 36.7 Å². The third-order valence-corrected chi connectivity index (χ3v) is 7.47. The second kappa shape index (κ2) is 13.1. The topological polar surface area (TPSA) is 124 Å². The molecule has 37 heavy (non-hydrogen) atoms. The number of aliphatic hydroxyl groups excluding tert-OH is 1. The number of rotatable bonds is 11. The molecule has 0 saturated carbocycles. The number of benzene rings is 1. The monoisotopic (exact) mass is 529 g/mol. The van der Waals surface area contributed by atoms with Gasteiger partial charge in [-0.3, -0.25) is 14.4 Å². The smallest absolute Gasteiger partial charge is 0.243 e. The lowest BCUT2D eigenvalue weighted by atomic mass is 10.0. The lowest BCUT2D eigenvalue weighted by Crippen LogP contribution is -2.53. The van der Waals surface area contributed by atoms with Gasteiger partial charge in [0.25, 0.3) is 0 Å². The minimum atomic E-state index is -0.748. The summed E-state index contributed by atoms with van der Waals surface area (Å²) < 4.78 is 0. The van der Waals surface area contributed by atoms with Crippen molar-refractivity contribution < 1.29 is 19.5 Å². The minimum absolute atomic E-state index is 0.0950. The Labute approximate surface area is 223 Å². The number of carbonyl (C=O) groups excluding carboxylic acids is 3. The Morgan fingerprint density at radius 1 is 1.19 bits per heavy atom. The Hall–Kier alpha value is -2.82. The summed E-state index contributed by atoms with van der Waals surface area (Å²) in [5.41, 5.74) is 4.84. The highest BCUT2D eigenvalue weighted by Crippen LogP contribution is 2.27. The predicted molar refractivity (Wildman–Crippen MR) is 145 cm³/mol. The molecular weight excluding hydrogens is 490 g/mol. The van der Waals surface area contributed by atoms with E-state index in [9.17, 15) is 19.5 Å². The summed E-state index contributed by atoms with van der Waals surface area (Å²) in [7, 11) is 0. The van der Waals surface area contributed by atoms with Crippen LogP contribution in [0.4, 0.5) is 0 Å². The summed E-state index contributed by atoms with van der Waals surface area (Å²) >= 11 is 1.59. The highest BCUT2D eigenvalue weighted by Gasteiger charge is 2.40. The zero-order valence-electron chi connectivity index (χ0n) is 22.3. The van der Waals surface area contributed by atoms with Crippen molar-refractivity contribution in [2.45, 2.75) is 78.2 Å². The molecule has 0 bridgehead atoms. The maximum Gasteiger partial charge on any atom is 0.243 e. The van der Waals surface area contributed by atoms with Crippen LogP contribution in [-0.2, 0) is 20.9 Å². The van der Waals surface area contributed by atoms with E-state index in [2.05, 4.69) is 34.8 Å². The van der Waals surface area contributed by atoms with Crippen molar-refractivity contribution >= 4 is 29.1 Å². The van der Waals surface area contributed by atoms with Crippen LogP contribution in [0.3, 0.4) is 0 Å². The van der Waals surface area contributed by atoms with Gasteiger partial charge in [-0.1, -0.05) is 38.1 Å². The van der Waals surface area contributed by atoms with Crippen LogP contribution in [-0.4, -0.2) is 70.0 Å². The highest BCUT2D eigenvalue weighted by molar-refractivity contribution is 7.13. The molecule has 1 aliphatic rings. The van der Waals surface area contributed by atoms with Crippen molar-refractivity contribution in [1.29, 1.82) is 0 Å². The molecule has 9 nitrogen and oxygen atoms in total. The summed E-state index contributed by atoms with van der Waals surface area (Å²) in [6.45, 7) is 10.2. The molecule has 10 heteroatoms. The summed E-state index contributed by atoms with van der Waals surface area (Å²) in [6.07, 6.45) is 0.239. The average Bonchev–Trinajstić information content (AvgIpc) is 3.45. The van der Waals surface area contributed by atoms with Gasteiger partial charge in [0, 0.05) is 39.0 Å². The summed E-state index contributed by atoms with van der Waals surface area (Å²) in [4.78, 5) is 44.6. The van der Waals surface area contributed by atoms with Gasteiger partial charge in [0.2, 0.25) is 17.7 Å². The van der Waals surface area contributed by atoms with Crippen molar-refractivity contribution in [2.24, 2.45) is 5.92 Å². The number of aliphatic hydroxyl groups is 1. The van der Waals surface area contributed by atoms with Crippen LogP contribution < -0.4 is 16.0 Å². The van der Waals surface area contributed by atoms with Crippen LogP contribution in [0.25, 0.3) is 10.4 Å². The van der Waals surface area contributed by atoms with E-state index in [1.165, 1.54) is 11.8 Å². The first-order valence-corrected chi connectivity index (χ1v) is 13.7. The minimum Gasteiger partial charge on any atom is -0.391 e. The van der Waals surface area contributed by atoms with Crippen LogP contribution in [0.5, 0.6) is 0 Å². The van der Waals surface area contributed by atoms with E-state index < -0.39 is 18.2 Å². The number of amides is 3. The Kier molecular flexibility index (Phi) is 10.2. The summed E-state index contributed by atoms with van der Waals surface area (Å²) in [6, 6.07) is 6.57. The van der Waals surface area contributed by atoms with Gasteiger partial charge in [0.1, 0.15) is 6.04 Å². The molecule has 202 valence electrons. The largest absolute Gasteiger partial charge is 0.391 e. The molecule has 3 rings (SSSR count). The lowest BCUT2D eigenvalue weighted by molar-refractivity contribution is -0.139. The van der Waals surface area contributed by atoms with Gasteiger partial charge >= 0.3 is 0 Å². The molecule has 3 amide bonds. The zero-order valence-corrected chi connectivity index (χ0v) is 23.1. The molecule has 4 atom stereocenters.